The zero-order chi connectivity index (χ0) is 17.8. The Balaban J connectivity index is 1.26. The Morgan fingerprint density at radius 3 is 2.50 bits per heavy atom. The zero-order valence-electron chi connectivity index (χ0n) is 16.0. The second-order valence-electron chi connectivity index (χ2n) is 7.96. The fourth-order valence-electron chi connectivity index (χ4n) is 4.35. The molecular formula is C21H32N2O3. The number of hydrogen-bond donors (Lipinski definition) is 0. The molecule has 0 radical (unpaired) electrons. The summed E-state index contributed by atoms with van der Waals surface area (Å²) in [5, 5.41) is 0. The van der Waals surface area contributed by atoms with Gasteiger partial charge in [0.15, 0.2) is 11.5 Å². The van der Waals surface area contributed by atoms with Gasteiger partial charge in [-0.1, -0.05) is 6.07 Å². The van der Waals surface area contributed by atoms with Gasteiger partial charge in [-0.05, 0) is 62.4 Å². The Labute approximate surface area is 157 Å². The molecule has 0 amide bonds. The second-order valence-corrected chi connectivity index (χ2v) is 7.96. The van der Waals surface area contributed by atoms with Crippen LogP contribution >= 0.6 is 0 Å². The molecule has 2 aliphatic heterocycles. The number of methoxy groups -OCH3 is 1. The molecule has 3 fully saturated rings. The first-order chi connectivity index (χ1) is 12.8. The molecule has 1 aromatic carbocycles. The van der Waals surface area contributed by atoms with Gasteiger partial charge < -0.3 is 14.2 Å². The fourth-order valence-corrected chi connectivity index (χ4v) is 4.35. The predicted molar refractivity (Wildman–Crippen MR) is 102 cm³/mol. The van der Waals surface area contributed by atoms with Gasteiger partial charge in [-0.15, -0.1) is 0 Å². The van der Waals surface area contributed by atoms with Crippen LogP contribution in [0.15, 0.2) is 18.2 Å². The Bertz CT molecular complexity index is 577. The molecule has 3 aliphatic rings. The van der Waals surface area contributed by atoms with E-state index in [-0.39, 0.29) is 0 Å². The molecule has 0 aromatic heterocycles. The number of ether oxygens (including phenoxy) is 3. The second kappa shape index (κ2) is 8.59. The van der Waals surface area contributed by atoms with E-state index in [0.29, 0.717) is 6.10 Å². The van der Waals surface area contributed by atoms with E-state index < -0.39 is 0 Å². The van der Waals surface area contributed by atoms with Crippen molar-refractivity contribution in [2.24, 2.45) is 5.92 Å². The highest BCUT2D eigenvalue weighted by Crippen LogP contribution is 2.36. The normalized spacial score (nSPS) is 27.3. The summed E-state index contributed by atoms with van der Waals surface area (Å²) < 4.78 is 17.3. The van der Waals surface area contributed by atoms with Crippen molar-refractivity contribution in [2.45, 2.75) is 38.3 Å². The predicted octanol–water partition coefficient (Wildman–Crippen LogP) is 2.78. The smallest absolute Gasteiger partial charge is 0.161 e. The van der Waals surface area contributed by atoms with E-state index >= 15 is 0 Å². The Morgan fingerprint density at radius 1 is 1.00 bits per heavy atom. The minimum atomic E-state index is 0.333. The molecular weight excluding hydrogens is 328 g/mol. The van der Waals surface area contributed by atoms with Gasteiger partial charge in [0.1, 0.15) is 0 Å². The van der Waals surface area contributed by atoms with Crippen molar-refractivity contribution in [2.75, 3.05) is 53.0 Å². The fraction of sp³-hybridized carbons (Fsp3) is 0.714. The molecule has 144 valence electrons. The minimum absolute atomic E-state index is 0.333. The van der Waals surface area contributed by atoms with E-state index in [9.17, 15) is 0 Å². The van der Waals surface area contributed by atoms with Crippen molar-refractivity contribution in [3.8, 4) is 11.5 Å². The molecule has 0 unspecified atom stereocenters. The maximum Gasteiger partial charge on any atom is 0.161 e. The van der Waals surface area contributed by atoms with Crippen molar-refractivity contribution >= 4 is 0 Å². The molecule has 0 bridgehead atoms. The van der Waals surface area contributed by atoms with Gasteiger partial charge in [0, 0.05) is 26.2 Å². The lowest BCUT2D eigenvalue weighted by molar-refractivity contribution is -0.000422. The lowest BCUT2D eigenvalue weighted by Crippen LogP contribution is -2.45. The highest BCUT2D eigenvalue weighted by Gasteiger charge is 2.33. The third-order valence-electron chi connectivity index (χ3n) is 5.94. The van der Waals surface area contributed by atoms with E-state index in [1.807, 2.05) is 0 Å². The number of nitrogens with zero attached hydrogens (tertiary/aromatic N) is 2. The summed E-state index contributed by atoms with van der Waals surface area (Å²) in [5.41, 5.74) is 1.31. The van der Waals surface area contributed by atoms with E-state index in [4.69, 9.17) is 14.2 Å². The van der Waals surface area contributed by atoms with Crippen molar-refractivity contribution in [3.63, 3.8) is 0 Å². The van der Waals surface area contributed by atoms with Gasteiger partial charge in [-0.3, -0.25) is 9.80 Å². The van der Waals surface area contributed by atoms with Gasteiger partial charge in [0.2, 0.25) is 0 Å². The number of benzene rings is 1. The summed E-state index contributed by atoms with van der Waals surface area (Å²) in [4.78, 5) is 5.04. The van der Waals surface area contributed by atoms with Crippen LogP contribution in [-0.4, -0.2) is 69.0 Å². The average Bonchev–Trinajstić information content (AvgIpc) is 3.14. The van der Waals surface area contributed by atoms with Crippen LogP contribution in [0.3, 0.4) is 0 Å². The third-order valence-corrected chi connectivity index (χ3v) is 5.94. The monoisotopic (exact) mass is 360 g/mol. The van der Waals surface area contributed by atoms with Crippen LogP contribution in [0.1, 0.15) is 31.2 Å². The van der Waals surface area contributed by atoms with Gasteiger partial charge >= 0.3 is 0 Å². The maximum absolute atomic E-state index is 6.23. The van der Waals surface area contributed by atoms with Crippen LogP contribution in [0.25, 0.3) is 0 Å². The van der Waals surface area contributed by atoms with Gasteiger partial charge in [0.05, 0.1) is 26.4 Å². The summed E-state index contributed by atoms with van der Waals surface area (Å²) in [6.45, 7) is 8.56. The van der Waals surface area contributed by atoms with Gasteiger partial charge in [0.25, 0.3) is 0 Å². The van der Waals surface area contributed by atoms with Crippen LogP contribution in [0.4, 0.5) is 0 Å². The number of rotatable bonds is 7. The highest BCUT2D eigenvalue weighted by molar-refractivity contribution is 5.43. The third kappa shape index (κ3) is 4.51. The molecule has 26 heavy (non-hydrogen) atoms. The molecule has 1 saturated carbocycles. The molecule has 0 N–H and O–H groups in total. The quantitative estimate of drug-likeness (QED) is 0.747. The molecule has 0 atom stereocenters. The molecule has 4 rings (SSSR count). The SMILES string of the molecule is COc1cc(CN2CCCC2)ccc1O[C@H]1C[C@H](CN2CCOCC2)C1. The molecule has 0 spiro atoms. The standard InChI is InChI=1S/C21H32N2O3/c1-24-21-14-17(15-22-6-2-3-7-22)4-5-20(21)26-19-12-18(13-19)16-23-8-10-25-11-9-23/h4-5,14,18-19H,2-3,6-13,15-16H2,1H3/t18-,19-. The molecule has 5 heteroatoms. The Morgan fingerprint density at radius 2 is 1.77 bits per heavy atom. The summed E-state index contributed by atoms with van der Waals surface area (Å²) >= 11 is 0. The summed E-state index contributed by atoms with van der Waals surface area (Å²) in [6, 6.07) is 6.44. The summed E-state index contributed by atoms with van der Waals surface area (Å²) in [6.07, 6.45) is 5.28. The number of likely N-dealkylation sites (tertiary alicyclic amines) is 1. The van der Waals surface area contributed by atoms with Gasteiger partial charge in [-0.25, -0.2) is 0 Å². The maximum atomic E-state index is 6.23. The van der Waals surface area contributed by atoms with Crippen LogP contribution in [0.5, 0.6) is 11.5 Å². The average molecular weight is 360 g/mol. The Kier molecular flexibility index (Phi) is 5.98. The summed E-state index contributed by atoms with van der Waals surface area (Å²) in [7, 11) is 1.74. The number of morpholine rings is 1. The first kappa shape index (κ1) is 18.1. The topological polar surface area (TPSA) is 34.2 Å². The number of hydrogen-bond acceptors (Lipinski definition) is 5. The van der Waals surface area contributed by atoms with Gasteiger partial charge in [-0.2, -0.15) is 0 Å². The first-order valence-electron chi connectivity index (χ1n) is 10.2. The highest BCUT2D eigenvalue weighted by atomic mass is 16.5. The van der Waals surface area contributed by atoms with E-state index in [2.05, 4.69) is 28.0 Å². The first-order valence-corrected chi connectivity index (χ1v) is 10.2. The zero-order valence-corrected chi connectivity index (χ0v) is 16.0. The molecule has 5 nitrogen and oxygen atoms in total. The van der Waals surface area contributed by atoms with Crippen LogP contribution in [-0.2, 0) is 11.3 Å². The van der Waals surface area contributed by atoms with Crippen molar-refractivity contribution in [3.05, 3.63) is 23.8 Å². The molecule has 1 aliphatic carbocycles. The minimum Gasteiger partial charge on any atom is -0.493 e. The Hall–Kier alpha value is -1.30. The molecule has 2 heterocycles. The summed E-state index contributed by atoms with van der Waals surface area (Å²) in [5.74, 6) is 2.53. The van der Waals surface area contributed by atoms with Crippen LogP contribution in [0, 0.1) is 5.92 Å². The molecule has 1 aromatic rings. The largest absolute Gasteiger partial charge is 0.493 e. The lowest BCUT2D eigenvalue weighted by atomic mass is 9.81. The van der Waals surface area contributed by atoms with Crippen molar-refractivity contribution in [1.29, 1.82) is 0 Å². The van der Waals surface area contributed by atoms with Crippen LogP contribution < -0.4 is 9.47 Å². The van der Waals surface area contributed by atoms with Crippen molar-refractivity contribution < 1.29 is 14.2 Å². The van der Waals surface area contributed by atoms with E-state index in [1.165, 1.54) is 38.0 Å². The van der Waals surface area contributed by atoms with E-state index in [0.717, 1.165) is 63.1 Å². The van der Waals surface area contributed by atoms with Crippen LogP contribution in [0.2, 0.25) is 0 Å². The van der Waals surface area contributed by atoms with Crippen molar-refractivity contribution in [1.82, 2.24) is 9.80 Å². The molecule has 2 saturated heterocycles. The van der Waals surface area contributed by atoms with E-state index in [1.54, 1.807) is 7.11 Å². The lowest BCUT2D eigenvalue weighted by Gasteiger charge is -2.39.